The van der Waals surface area contributed by atoms with Crippen LogP contribution in [0, 0.1) is 0 Å². The highest BCUT2D eigenvalue weighted by atomic mass is 16.5. The van der Waals surface area contributed by atoms with Crippen LogP contribution in [0.4, 0.5) is 0 Å². The van der Waals surface area contributed by atoms with Crippen molar-refractivity contribution in [3.8, 4) is 17.5 Å². The van der Waals surface area contributed by atoms with Gasteiger partial charge in [-0.25, -0.2) is 0 Å². The molecule has 8 heteroatoms. The van der Waals surface area contributed by atoms with Gasteiger partial charge >= 0.3 is 0 Å². The highest BCUT2D eigenvalue weighted by molar-refractivity contribution is 5.78. The number of carbonyl (C=O) groups is 1. The van der Waals surface area contributed by atoms with Crippen LogP contribution < -0.4 is 14.2 Å². The van der Waals surface area contributed by atoms with E-state index in [-0.39, 0.29) is 18.6 Å². The Morgan fingerprint density at radius 1 is 1.29 bits per heavy atom. The molecule has 1 fully saturated rings. The molecule has 0 aliphatic carbocycles. The number of nitrogens with zero attached hydrogens (tertiary/aromatic N) is 4. The molecule has 1 saturated heterocycles. The fourth-order valence-electron chi connectivity index (χ4n) is 2.38. The zero-order chi connectivity index (χ0) is 16.8. The molecule has 1 aliphatic rings. The van der Waals surface area contributed by atoms with Crippen molar-refractivity contribution in [1.82, 2.24) is 19.9 Å². The minimum atomic E-state index is -0.117. The van der Waals surface area contributed by atoms with Gasteiger partial charge in [-0.3, -0.25) is 14.8 Å². The maximum absolute atomic E-state index is 12.2. The number of hydrogen-bond donors (Lipinski definition) is 0. The number of ether oxygens (including phenoxy) is 3. The lowest BCUT2D eigenvalue weighted by Gasteiger charge is -2.17. The van der Waals surface area contributed by atoms with Gasteiger partial charge in [0.25, 0.3) is 5.91 Å². The van der Waals surface area contributed by atoms with E-state index < -0.39 is 0 Å². The molecule has 1 unspecified atom stereocenters. The van der Waals surface area contributed by atoms with E-state index in [1.807, 2.05) is 0 Å². The van der Waals surface area contributed by atoms with Gasteiger partial charge in [-0.15, -0.1) is 0 Å². The van der Waals surface area contributed by atoms with Crippen molar-refractivity contribution in [3.63, 3.8) is 0 Å². The number of rotatable bonds is 6. The Morgan fingerprint density at radius 3 is 2.96 bits per heavy atom. The largest absolute Gasteiger partial charge is 0.482 e. The second-order valence-corrected chi connectivity index (χ2v) is 5.25. The van der Waals surface area contributed by atoms with Crippen LogP contribution in [0.2, 0.25) is 0 Å². The molecule has 3 heterocycles. The molecule has 1 atom stereocenters. The predicted molar refractivity (Wildman–Crippen MR) is 83.9 cm³/mol. The first kappa shape index (κ1) is 16.0. The number of carbonyl (C=O) groups excluding carboxylic acids is 1. The molecule has 0 saturated carbocycles. The van der Waals surface area contributed by atoms with Crippen LogP contribution in [0.5, 0.6) is 17.5 Å². The quantitative estimate of drug-likeness (QED) is 0.779. The molecule has 1 aliphatic heterocycles. The van der Waals surface area contributed by atoms with Gasteiger partial charge < -0.3 is 19.1 Å². The van der Waals surface area contributed by atoms with Crippen molar-refractivity contribution in [2.24, 2.45) is 0 Å². The number of methoxy groups -OCH3 is 1. The van der Waals surface area contributed by atoms with E-state index in [0.29, 0.717) is 30.6 Å². The van der Waals surface area contributed by atoms with Gasteiger partial charge in [-0.1, -0.05) is 0 Å². The molecule has 8 nitrogen and oxygen atoms in total. The average molecular weight is 330 g/mol. The topological polar surface area (TPSA) is 86.7 Å². The van der Waals surface area contributed by atoms with Crippen LogP contribution in [0.3, 0.4) is 0 Å². The predicted octanol–water partition coefficient (Wildman–Crippen LogP) is 0.939. The van der Waals surface area contributed by atoms with Crippen molar-refractivity contribution >= 4 is 5.91 Å². The first-order valence-electron chi connectivity index (χ1n) is 7.58. The zero-order valence-corrected chi connectivity index (χ0v) is 13.3. The van der Waals surface area contributed by atoms with Gasteiger partial charge in [0.15, 0.2) is 6.61 Å². The van der Waals surface area contributed by atoms with Crippen LogP contribution >= 0.6 is 0 Å². The summed E-state index contributed by atoms with van der Waals surface area (Å²) in [6.07, 6.45) is 6.88. The normalized spacial score (nSPS) is 16.7. The molecule has 1 amide bonds. The fraction of sp³-hybridized carbons (Fsp3) is 0.375. The Bertz CT molecular complexity index is 683. The molecule has 3 rings (SSSR count). The molecule has 0 N–H and O–H groups in total. The summed E-state index contributed by atoms with van der Waals surface area (Å²) >= 11 is 0. The van der Waals surface area contributed by atoms with Gasteiger partial charge in [0.2, 0.25) is 11.8 Å². The minimum absolute atomic E-state index is 0.0165. The molecular weight excluding hydrogens is 312 g/mol. The van der Waals surface area contributed by atoms with Crippen molar-refractivity contribution in [2.75, 3.05) is 26.8 Å². The third-order valence-corrected chi connectivity index (χ3v) is 3.58. The zero-order valence-electron chi connectivity index (χ0n) is 13.3. The van der Waals surface area contributed by atoms with E-state index in [1.54, 1.807) is 29.4 Å². The van der Waals surface area contributed by atoms with Crippen LogP contribution in [0.1, 0.15) is 6.42 Å². The molecule has 0 aromatic carbocycles. The second kappa shape index (κ2) is 7.58. The second-order valence-electron chi connectivity index (χ2n) is 5.25. The van der Waals surface area contributed by atoms with Crippen molar-refractivity contribution in [1.29, 1.82) is 0 Å². The molecule has 0 radical (unpaired) electrons. The highest BCUT2D eigenvalue weighted by Crippen LogP contribution is 2.18. The van der Waals surface area contributed by atoms with Crippen LogP contribution in [0.15, 0.2) is 36.9 Å². The number of likely N-dealkylation sites (tertiary alicyclic amines) is 1. The Morgan fingerprint density at radius 2 is 2.17 bits per heavy atom. The van der Waals surface area contributed by atoms with Gasteiger partial charge in [0.1, 0.15) is 11.9 Å². The van der Waals surface area contributed by atoms with Gasteiger partial charge in [-0.2, -0.15) is 4.98 Å². The number of aromatic nitrogens is 3. The van der Waals surface area contributed by atoms with Crippen LogP contribution in [0.25, 0.3) is 0 Å². The lowest BCUT2D eigenvalue weighted by molar-refractivity contribution is -0.132. The molecule has 2 aromatic heterocycles. The third kappa shape index (κ3) is 4.09. The summed E-state index contributed by atoms with van der Waals surface area (Å²) in [5.41, 5.74) is 0. The van der Waals surface area contributed by atoms with Crippen LogP contribution in [-0.4, -0.2) is 58.7 Å². The maximum atomic E-state index is 12.2. The SMILES string of the molecule is COc1cncc(OC2CCN(C(=O)COc3cccnc3)C2)n1. The first-order valence-corrected chi connectivity index (χ1v) is 7.58. The molecular formula is C16H18N4O4. The third-order valence-electron chi connectivity index (χ3n) is 3.58. The Kier molecular flexibility index (Phi) is 5.05. The summed E-state index contributed by atoms with van der Waals surface area (Å²) < 4.78 is 16.2. The van der Waals surface area contributed by atoms with Gasteiger partial charge in [-0.05, 0) is 12.1 Å². The van der Waals surface area contributed by atoms with Crippen molar-refractivity contribution < 1.29 is 19.0 Å². The van der Waals surface area contributed by atoms with E-state index in [9.17, 15) is 4.79 Å². The lowest BCUT2D eigenvalue weighted by atomic mass is 10.3. The maximum Gasteiger partial charge on any atom is 0.260 e. The van der Waals surface area contributed by atoms with E-state index in [1.165, 1.54) is 19.5 Å². The van der Waals surface area contributed by atoms with Crippen LogP contribution in [-0.2, 0) is 4.79 Å². The monoisotopic (exact) mass is 330 g/mol. The Balaban J connectivity index is 1.48. The number of pyridine rings is 1. The summed E-state index contributed by atoms with van der Waals surface area (Å²) in [5.74, 6) is 1.27. The number of amides is 1. The van der Waals surface area contributed by atoms with E-state index >= 15 is 0 Å². The van der Waals surface area contributed by atoms with E-state index in [0.717, 1.165) is 6.42 Å². The summed E-state index contributed by atoms with van der Waals surface area (Å²) in [4.78, 5) is 26.0. The van der Waals surface area contributed by atoms with Crippen molar-refractivity contribution in [2.45, 2.75) is 12.5 Å². The van der Waals surface area contributed by atoms with Crippen molar-refractivity contribution in [3.05, 3.63) is 36.9 Å². The smallest absolute Gasteiger partial charge is 0.260 e. The van der Waals surface area contributed by atoms with E-state index in [4.69, 9.17) is 14.2 Å². The summed E-state index contributed by atoms with van der Waals surface area (Å²) in [5, 5.41) is 0. The Labute approximate surface area is 139 Å². The van der Waals surface area contributed by atoms with Gasteiger partial charge in [0.05, 0.1) is 32.2 Å². The lowest BCUT2D eigenvalue weighted by Crippen LogP contribution is -2.34. The standard InChI is InChI=1S/C16H18N4O4/c1-22-14-8-18-9-15(19-14)24-13-4-6-20(10-13)16(21)11-23-12-3-2-5-17-7-12/h2-3,5,7-9,13H,4,6,10-11H2,1H3. The van der Waals surface area contributed by atoms with Gasteiger partial charge in [0, 0.05) is 19.2 Å². The summed E-state index contributed by atoms with van der Waals surface area (Å²) in [6.45, 7) is 1.10. The average Bonchev–Trinajstić information content (AvgIpc) is 3.09. The molecule has 0 bridgehead atoms. The van der Waals surface area contributed by atoms with E-state index in [2.05, 4.69) is 15.0 Å². The summed E-state index contributed by atoms with van der Waals surface area (Å²) in [6, 6.07) is 3.52. The molecule has 2 aromatic rings. The number of hydrogen-bond acceptors (Lipinski definition) is 7. The molecule has 126 valence electrons. The first-order chi connectivity index (χ1) is 11.7. The highest BCUT2D eigenvalue weighted by Gasteiger charge is 2.28. The minimum Gasteiger partial charge on any atom is -0.482 e. The Hall–Kier alpha value is -2.90. The molecule has 24 heavy (non-hydrogen) atoms. The fourth-order valence-corrected chi connectivity index (χ4v) is 2.38. The summed E-state index contributed by atoms with van der Waals surface area (Å²) in [7, 11) is 1.52. The molecule has 0 spiro atoms.